The first-order chi connectivity index (χ1) is 47.1. The molecule has 0 amide bonds. The molecule has 0 aromatic carbocycles. The average Bonchev–Trinajstić information content (AvgIpc) is 2.15. The number of hydrogen-bond donors (Lipinski definition) is 24. The lowest BCUT2D eigenvalue weighted by atomic mass is 9.72. The van der Waals surface area contributed by atoms with Gasteiger partial charge in [0.25, 0.3) is 0 Å². The van der Waals surface area contributed by atoms with E-state index in [1.807, 2.05) is 71.9 Å². The summed E-state index contributed by atoms with van der Waals surface area (Å²) in [4.78, 5) is 0. The zero-order valence-electron chi connectivity index (χ0n) is 61.6. The molecule has 102 heavy (non-hydrogen) atoms. The van der Waals surface area contributed by atoms with Crippen molar-refractivity contribution in [3.8, 4) is 117 Å². The summed E-state index contributed by atoms with van der Waals surface area (Å²) in [5, 5.41) is 242. The van der Waals surface area contributed by atoms with Gasteiger partial charge in [-0.05, 0) is 73.4 Å². The number of terminal acetylenes is 7. The Kier molecular flexibility index (Phi) is 110. The van der Waals surface area contributed by atoms with Gasteiger partial charge in [0.15, 0.2) is 0 Å². The van der Waals surface area contributed by atoms with Gasteiger partial charge in [0.2, 0.25) is 0 Å². The third-order valence-electron chi connectivity index (χ3n) is 12.0. The third-order valence-corrected chi connectivity index (χ3v) is 12.0. The minimum Gasteiger partial charge on any atom is -0.427 e. The van der Waals surface area contributed by atoms with E-state index in [0.717, 1.165) is 0 Å². The Balaban J connectivity index is -0.0000000867. The van der Waals surface area contributed by atoms with Crippen LogP contribution in [0.25, 0.3) is 0 Å². The lowest BCUT2D eigenvalue weighted by Gasteiger charge is -2.04. The third kappa shape index (κ3) is 134. The Bertz CT molecular complexity index is 1980. The van der Waals surface area contributed by atoms with Crippen molar-refractivity contribution in [1.29, 1.82) is 26.3 Å². The van der Waals surface area contributed by atoms with Crippen molar-refractivity contribution >= 4 is 85.4 Å². The van der Waals surface area contributed by atoms with Crippen LogP contribution in [0.5, 0.6) is 0 Å². The molecule has 12 atom stereocenters. The molecule has 4 unspecified atom stereocenters. The Morgan fingerprint density at radius 3 is 0.373 bits per heavy atom. The van der Waals surface area contributed by atoms with Crippen LogP contribution < -0.4 is 0 Å². The molecule has 0 aromatic heterocycles. The molecule has 0 heterocycles. The lowest BCUT2D eigenvalue weighted by molar-refractivity contribution is 0.388. The van der Waals surface area contributed by atoms with Crippen LogP contribution in [-0.2, 0) is 0 Å². The van der Waals surface area contributed by atoms with E-state index >= 15 is 0 Å². The number of nitriles is 5. The highest BCUT2D eigenvalue weighted by atomic mass is 16.4. The highest BCUT2D eigenvalue weighted by Crippen LogP contribution is 2.14. The number of rotatable bonds is 30. The number of nitrogens with zero attached hydrogens (tertiary/aromatic N) is 5. The van der Waals surface area contributed by atoms with Crippen molar-refractivity contribution < 1.29 is 121 Å². The monoisotopic (exact) mass is 1430 g/mol. The van der Waals surface area contributed by atoms with Crippen LogP contribution in [0.15, 0.2) is 0 Å². The highest BCUT2D eigenvalue weighted by molar-refractivity contribution is 6.45. The number of hydrogen-bond acceptors (Lipinski definition) is 29. The van der Waals surface area contributed by atoms with Crippen LogP contribution in [0.2, 0.25) is 72.8 Å². The lowest BCUT2D eigenvalue weighted by Crippen LogP contribution is -2.16. The maximum Gasteiger partial charge on any atom is 0.455 e. The highest BCUT2D eigenvalue weighted by Gasteiger charge is 2.21. The van der Waals surface area contributed by atoms with Gasteiger partial charge in [-0.15, -0.1) is 86.4 Å². The van der Waals surface area contributed by atoms with Crippen molar-refractivity contribution in [1.82, 2.24) is 0 Å². The van der Waals surface area contributed by atoms with Gasteiger partial charge >= 0.3 is 85.4 Å². The molecule has 0 radical (unpaired) electrons. The molecule has 0 spiro atoms. The molecule has 0 fully saturated rings. The first-order valence-corrected chi connectivity index (χ1v) is 32.3. The Labute approximate surface area is 614 Å². The quantitative estimate of drug-likeness (QED) is 0.0315. The fourth-order valence-electron chi connectivity index (χ4n) is 5.40. The summed E-state index contributed by atoms with van der Waals surface area (Å²) in [6.45, 7) is 21.0. The van der Waals surface area contributed by atoms with Crippen LogP contribution in [0.4, 0.5) is 0 Å². The smallest absolute Gasteiger partial charge is 0.427 e. The van der Waals surface area contributed by atoms with E-state index in [1.165, 1.54) is 0 Å². The predicted molar refractivity (Wildman–Crippen MR) is 408 cm³/mol. The van der Waals surface area contributed by atoms with Gasteiger partial charge in [0, 0.05) is 112 Å². The normalized spacial score (nSPS) is 12.2. The van der Waals surface area contributed by atoms with Crippen LogP contribution in [0, 0.1) is 179 Å². The fraction of sp³-hybridized carbons (Fsp3) is 0.689. The van der Waals surface area contributed by atoms with Crippen molar-refractivity contribution in [2.24, 2.45) is 35.5 Å². The SMILES string of the molecule is C#CCC(C)B(O)O.C#CCC(C)CB(O)O.C#CCC(C)CB(O)O.C#CC[C@@H](C)B(O)O.C#CC[C@@H](C)CB(O)O.C#CC[C@H](C)B(O)O.C#CC[C@H](C)CB(O)O.CC(CC#N)B(O)O.C[C@@H](CC#N)B(O)O.C[C@@H](CC#N)CB(O)O.C[C@H](CC#N)B(O)O.C[C@H](CC#N)CB(O)O. The first kappa shape index (κ1) is 123. The van der Waals surface area contributed by atoms with E-state index in [9.17, 15) is 0 Å². The standard InChI is InChI=1S/4C6H11BO2.2C5H10BNO2.3C5H9BO2.3C4H8BNO2/c4*1-3-4-6(2)5-7(8)9;2*1-5(2-3-7)4-6(8)9;3*1-3-4-5(2)6(7)8;3*1-4(2-3-6)5(7)8/h4*1,6,8-9H,4-5H2,2H3;2*5,8-9H,2,4H2,1H3;3*1,5,7-8H,4H2,2H3;3*4,7-8H,2H2,1H3/t2*6-;;;4*5-;;2*4-;/m10..1010.10./s1. The Hall–Kier alpha value is -5.81. The van der Waals surface area contributed by atoms with Gasteiger partial charge in [0.1, 0.15) is 0 Å². The molecule has 0 aliphatic rings. The molecule has 0 aromatic rings. The van der Waals surface area contributed by atoms with E-state index in [-0.39, 0.29) is 102 Å². The largest absolute Gasteiger partial charge is 0.455 e. The fourth-order valence-corrected chi connectivity index (χ4v) is 5.40. The van der Waals surface area contributed by atoms with Gasteiger partial charge in [-0.3, -0.25) is 0 Å². The van der Waals surface area contributed by atoms with Crippen molar-refractivity contribution in [2.75, 3.05) is 0 Å². The van der Waals surface area contributed by atoms with Gasteiger partial charge in [-0.25, -0.2) is 0 Å². The minimum absolute atomic E-state index is 0.0787. The molecule has 0 rings (SSSR count). The van der Waals surface area contributed by atoms with Gasteiger partial charge in [-0.1, -0.05) is 83.1 Å². The summed E-state index contributed by atoms with van der Waals surface area (Å²) in [7, 11) is -15.3. The maximum absolute atomic E-state index is 8.44. The van der Waals surface area contributed by atoms with E-state index in [0.29, 0.717) is 83.1 Å². The molecular weight excluding hydrogens is 1320 g/mol. The summed E-state index contributed by atoms with van der Waals surface area (Å²) in [5.41, 5.74) is 0. The van der Waals surface area contributed by atoms with E-state index in [1.54, 1.807) is 41.5 Å². The topological polar surface area (TPSA) is 604 Å². The molecule has 0 bridgehead atoms. The summed E-state index contributed by atoms with van der Waals surface area (Å²) < 4.78 is 0. The van der Waals surface area contributed by atoms with E-state index < -0.39 is 85.4 Å². The summed E-state index contributed by atoms with van der Waals surface area (Å²) in [6.07, 6.45) is 41.7. The molecule has 0 saturated carbocycles. The summed E-state index contributed by atoms with van der Waals surface area (Å²) in [5.74, 6) is 16.1. The van der Waals surface area contributed by atoms with Crippen molar-refractivity contribution in [3.05, 3.63) is 0 Å². The molecule has 564 valence electrons. The van der Waals surface area contributed by atoms with Crippen LogP contribution in [0.1, 0.15) is 160 Å². The van der Waals surface area contributed by atoms with Crippen molar-refractivity contribution in [2.45, 2.75) is 233 Å². The second-order valence-electron chi connectivity index (χ2n) is 23.9. The van der Waals surface area contributed by atoms with E-state index in [4.69, 9.17) is 192 Å². The minimum atomic E-state index is -1.35. The Morgan fingerprint density at radius 1 is 0.196 bits per heavy atom. The zero-order valence-corrected chi connectivity index (χ0v) is 61.6. The molecular formula is C61H115B12N5O24. The van der Waals surface area contributed by atoms with E-state index in [2.05, 4.69) is 41.4 Å². The Morgan fingerprint density at radius 2 is 0.304 bits per heavy atom. The molecule has 0 aliphatic carbocycles. The zero-order chi connectivity index (χ0) is 83.1. The van der Waals surface area contributed by atoms with Gasteiger partial charge < -0.3 is 121 Å². The van der Waals surface area contributed by atoms with Crippen LogP contribution >= 0.6 is 0 Å². The van der Waals surface area contributed by atoms with Gasteiger partial charge in [0.05, 0.1) is 30.3 Å². The first-order valence-electron chi connectivity index (χ1n) is 32.3. The molecule has 24 N–H and O–H groups in total. The summed E-state index contributed by atoms with van der Waals surface area (Å²) in [6, 6.07) is 9.39. The summed E-state index contributed by atoms with van der Waals surface area (Å²) >= 11 is 0. The maximum atomic E-state index is 8.44. The van der Waals surface area contributed by atoms with Crippen LogP contribution in [0.3, 0.4) is 0 Å². The second kappa shape index (κ2) is 91.3. The molecule has 29 nitrogen and oxygen atoms in total. The van der Waals surface area contributed by atoms with Crippen LogP contribution in [-0.4, -0.2) is 206 Å². The average molecular weight is 1430 g/mol. The van der Waals surface area contributed by atoms with Crippen molar-refractivity contribution in [3.63, 3.8) is 0 Å². The van der Waals surface area contributed by atoms with Gasteiger partial charge in [-0.2, -0.15) is 26.3 Å². The molecule has 0 saturated heterocycles. The second-order valence-corrected chi connectivity index (χ2v) is 23.9. The molecule has 0 aliphatic heterocycles. The predicted octanol–water partition coefficient (Wildman–Crippen LogP) is -0.601. The molecule has 41 heteroatoms.